The van der Waals surface area contributed by atoms with Gasteiger partial charge in [-0.3, -0.25) is 4.79 Å². The number of carbonyl (C=O) groups is 1. The fourth-order valence-corrected chi connectivity index (χ4v) is 2.23. The monoisotopic (exact) mass is 245 g/mol. The van der Waals surface area contributed by atoms with Crippen LogP contribution >= 0.6 is 0 Å². The van der Waals surface area contributed by atoms with Crippen molar-refractivity contribution >= 4 is 5.78 Å². The lowest BCUT2D eigenvalue weighted by molar-refractivity contribution is 0.0980. The van der Waals surface area contributed by atoms with Crippen molar-refractivity contribution in [2.45, 2.75) is 20.3 Å². The highest BCUT2D eigenvalue weighted by Gasteiger charge is 2.15. The zero-order valence-corrected chi connectivity index (χ0v) is 10.8. The van der Waals surface area contributed by atoms with Gasteiger partial charge in [-0.25, -0.2) is 4.39 Å². The minimum atomic E-state index is -0.254. The molecule has 0 bridgehead atoms. The summed E-state index contributed by atoms with van der Waals surface area (Å²) < 4.78 is 14.8. The van der Waals surface area contributed by atoms with Crippen molar-refractivity contribution in [1.29, 1.82) is 0 Å². The van der Waals surface area contributed by atoms with Gasteiger partial charge >= 0.3 is 0 Å². The average Bonchev–Trinajstić information content (AvgIpc) is 2.65. The van der Waals surface area contributed by atoms with Crippen LogP contribution < -0.4 is 0 Å². The normalized spacial score (nSPS) is 10.7. The van der Waals surface area contributed by atoms with Gasteiger partial charge in [0.2, 0.25) is 0 Å². The Morgan fingerprint density at radius 1 is 1.28 bits per heavy atom. The van der Waals surface area contributed by atoms with E-state index < -0.39 is 0 Å². The Bertz CT molecular complexity index is 581. The van der Waals surface area contributed by atoms with Crippen LogP contribution in [0.3, 0.4) is 0 Å². The van der Waals surface area contributed by atoms with E-state index >= 15 is 0 Å². The predicted octanol–water partition coefficient (Wildman–Crippen LogP) is 3.73. The Morgan fingerprint density at radius 2 is 1.89 bits per heavy atom. The third-order valence-corrected chi connectivity index (χ3v) is 3.15. The van der Waals surface area contributed by atoms with Crippen molar-refractivity contribution in [3.8, 4) is 11.3 Å². The zero-order chi connectivity index (χ0) is 13.3. The van der Waals surface area contributed by atoms with Crippen LogP contribution in [0.25, 0.3) is 11.3 Å². The summed E-state index contributed by atoms with van der Waals surface area (Å²) in [7, 11) is 1.87. The molecule has 2 rings (SSSR count). The molecule has 0 atom stereocenters. The Balaban J connectivity index is 2.55. The second kappa shape index (κ2) is 4.77. The molecule has 1 aromatic carbocycles. The molecule has 0 radical (unpaired) electrons. The molecular weight excluding hydrogens is 229 g/mol. The summed E-state index contributed by atoms with van der Waals surface area (Å²) in [5.74, 6) is -0.135. The number of rotatable bonds is 3. The van der Waals surface area contributed by atoms with Crippen molar-refractivity contribution in [1.82, 2.24) is 4.57 Å². The summed E-state index contributed by atoms with van der Waals surface area (Å²) in [5, 5.41) is 0. The number of hydrogen-bond donors (Lipinski definition) is 0. The first-order valence-electron chi connectivity index (χ1n) is 6.00. The maximum absolute atomic E-state index is 12.9. The molecule has 94 valence electrons. The van der Waals surface area contributed by atoms with Gasteiger partial charge in [-0.2, -0.15) is 0 Å². The topological polar surface area (TPSA) is 22.0 Å². The molecule has 0 N–H and O–H groups in total. The molecule has 0 spiro atoms. The molecule has 18 heavy (non-hydrogen) atoms. The average molecular weight is 245 g/mol. The van der Waals surface area contributed by atoms with Crippen molar-refractivity contribution in [2.24, 2.45) is 7.05 Å². The van der Waals surface area contributed by atoms with Gasteiger partial charge in [-0.15, -0.1) is 0 Å². The van der Waals surface area contributed by atoms with E-state index in [9.17, 15) is 9.18 Å². The number of carbonyl (C=O) groups excluding carboxylic acids is 1. The van der Waals surface area contributed by atoms with Gasteiger partial charge in [-0.05, 0) is 48.4 Å². The summed E-state index contributed by atoms with van der Waals surface area (Å²) >= 11 is 0. The van der Waals surface area contributed by atoms with Crippen molar-refractivity contribution in [3.63, 3.8) is 0 Å². The lowest BCUT2D eigenvalue weighted by Crippen LogP contribution is -2.05. The highest BCUT2D eigenvalue weighted by Crippen LogP contribution is 2.27. The molecule has 0 saturated carbocycles. The van der Waals surface area contributed by atoms with Gasteiger partial charge in [0.05, 0.1) is 11.4 Å². The van der Waals surface area contributed by atoms with Crippen LogP contribution in [0, 0.1) is 12.7 Å². The SMILES string of the molecule is CCC(=O)c1cc(C)c(-c2ccc(F)cc2)n1C. The van der Waals surface area contributed by atoms with Crippen LogP contribution in [0.15, 0.2) is 30.3 Å². The maximum Gasteiger partial charge on any atom is 0.178 e. The van der Waals surface area contributed by atoms with E-state index in [0.29, 0.717) is 12.1 Å². The van der Waals surface area contributed by atoms with Crippen LogP contribution in [0.4, 0.5) is 4.39 Å². The van der Waals surface area contributed by atoms with Crippen molar-refractivity contribution < 1.29 is 9.18 Å². The zero-order valence-electron chi connectivity index (χ0n) is 10.8. The largest absolute Gasteiger partial charge is 0.341 e. The van der Waals surface area contributed by atoms with E-state index in [-0.39, 0.29) is 11.6 Å². The van der Waals surface area contributed by atoms with E-state index in [2.05, 4.69) is 0 Å². The van der Waals surface area contributed by atoms with Gasteiger partial charge in [0.1, 0.15) is 5.82 Å². The number of Topliss-reactive ketones (excluding diaryl/α,β-unsaturated/α-hetero) is 1. The molecule has 0 saturated heterocycles. The number of hydrogen-bond acceptors (Lipinski definition) is 1. The number of ketones is 1. The standard InChI is InChI=1S/C15H16FNO/c1-4-14(18)13-9-10(2)15(17(13)3)11-5-7-12(16)8-6-11/h5-9H,4H2,1-3H3. The first kappa shape index (κ1) is 12.6. The first-order chi connectivity index (χ1) is 8.54. The van der Waals surface area contributed by atoms with E-state index in [1.165, 1.54) is 12.1 Å². The lowest BCUT2D eigenvalue weighted by atomic mass is 10.1. The molecule has 0 aliphatic rings. The predicted molar refractivity (Wildman–Crippen MR) is 70.2 cm³/mol. The Kier molecular flexibility index (Phi) is 3.32. The Morgan fingerprint density at radius 3 is 2.44 bits per heavy atom. The molecule has 3 heteroatoms. The molecule has 0 aliphatic heterocycles. The van der Waals surface area contributed by atoms with Gasteiger partial charge < -0.3 is 4.57 Å². The summed E-state index contributed by atoms with van der Waals surface area (Å²) in [5.41, 5.74) is 3.62. The first-order valence-corrected chi connectivity index (χ1v) is 6.00. The minimum Gasteiger partial charge on any atom is -0.341 e. The van der Waals surface area contributed by atoms with E-state index in [0.717, 1.165) is 16.8 Å². The summed E-state index contributed by atoms with van der Waals surface area (Å²) in [6.07, 6.45) is 0.486. The summed E-state index contributed by atoms with van der Waals surface area (Å²) in [4.78, 5) is 11.8. The highest BCUT2D eigenvalue weighted by molar-refractivity contribution is 5.96. The third kappa shape index (κ3) is 2.08. The molecule has 0 aliphatic carbocycles. The summed E-state index contributed by atoms with van der Waals surface area (Å²) in [6, 6.07) is 8.23. The van der Waals surface area contributed by atoms with Crippen LogP contribution in [0.1, 0.15) is 29.4 Å². The third-order valence-electron chi connectivity index (χ3n) is 3.15. The smallest absolute Gasteiger partial charge is 0.178 e. The molecule has 0 amide bonds. The number of nitrogens with zero attached hydrogens (tertiary/aromatic N) is 1. The molecule has 0 fully saturated rings. The number of halogens is 1. The molecular formula is C15H16FNO. The number of aryl methyl sites for hydroxylation is 1. The number of aromatic nitrogens is 1. The van der Waals surface area contributed by atoms with Gasteiger partial charge in [0.15, 0.2) is 5.78 Å². The fraction of sp³-hybridized carbons (Fsp3) is 0.267. The van der Waals surface area contributed by atoms with E-state index in [4.69, 9.17) is 0 Å². The molecule has 1 aromatic heterocycles. The van der Waals surface area contributed by atoms with Gasteiger partial charge in [-0.1, -0.05) is 6.92 Å². The molecule has 1 heterocycles. The minimum absolute atomic E-state index is 0.119. The second-order valence-corrected chi connectivity index (χ2v) is 4.40. The molecule has 2 nitrogen and oxygen atoms in total. The quantitative estimate of drug-likeness (QED) is 0.755. The Hall–Kier alpha value is -1.90. The fourth-order valence-electron chi connectivity index (χ4n) is 2.23. The molecule has 0 unspecified atom stereocenters. The van der Waals surface area contributed by atoms with E-state index in [1.54, 1.807) is 12.1 Å². The molecule has 2 aromatic rings. The van der Waals surface area contributed by atoms with Crippen LogP contribution in [-0.2, 0) is 7.05 Å². The van der Waals surface area contributed by atoms with Crippen LogP contribution in [0.2, 0.25) is 0 Å². The summed E-state index contributed by atoms with van der Waals surface area (Å²) in [6.45, 7) is 3.81. The van der Waals surface area contributed by atoms with E-state index in [1.807, 2.05) is 31.5 Å². The van der Waals surface area contributed by atoms with Crippen LogP contribution in [-0.4, -0.2) is 10.4 Å². The van der Waals surface area contributed by atoms with Gasteiger partial charge in [0, 0.05) is 13.5 Å². The maximum atomic E-state index is 12.9. The Labute approximate surface area is 106 Å². The van der Waals surface area contributed by atoms with Crippen molar-refractivity contribution in [2.75, 3.05) is 0 Å². The van der Waals surface area contributed by atoms with Crippen molar-refractivity contribution in [3.05, 3.63) is 47.4 Å². The highest BCUT2D eigenvalue weighted by atomic mass is 19.1. The number of benzene rings is 1. The second-order valence-electron chi connectivity index (χ2n) is 4.40. The van der Waals surface area contributed by atoms with Crippen LogP contribution in [0.5, 0.6) is 0 Å². The lowest BCUT2D eigenvalue weighted by Gasteiger charge is -2.07. The van der Waals surface area contributed by atoms with Gasteiger partial charge in [0.25, 0.3) is 0 Å².